The molecule has 4 aromatic rings. The van der Waals surface area contributed by atoms with Crippen LogP contribution in [0, 0.1) is 12.8 Å². The van der Waals surface area contributed by atoms with Gasteiger partial charge < -0.3 is 14.8 Å². The van der Waals surface area contributed by atoms with Crippen LogP contribution in [-0.2, 0) is 17.5 Å². The highest BCUT2D eigenvalue weighted by molar-refractivity contribution is 6.34. The SMILES string of the molecule is C=CC(=O)N1CC(Cn2c(=O)c(=O)n(-c3c(C)cccc3C(C)C)c3cc(-c4nc(NC)ccc4C(F)(F)F)c(Cl)cc32)C1. The molecule has 5 rings (SSSR count). The van der Waals surface area contributed by atoms with E-state index in [-0.39, 0.29) is 51.7 Å². The summed E-state index contributed by atoms with van der Waals surface area (Å²) in [5.41, 5.74) is -0.682. The molecule has 1 fully saturated rings. The van der Waals surface area contributed by atoms with E-state index in [9.17, 15) is 27.6 Å². The zero-order chi connectivity index (χ0) is 32.1. The Kier molecular flexibility index (Phi) is 8.19. The first-order valence-electron chi connectivity index (χ1n) is 14.0. The Morgan fingerprint density at radius 2 is 1.84 bits per heavy atom. The number of pyridine rings is 1. The molecule has 0 atom stereocenters. The van der Waals surface area contributed by atoms with Gasteiger partial charge in [0.1, 0.15) is 5.82 Å². The number of aromatic nitrogens is 3. The molecular formula is C32H31ClF3N5O3. The van der Waals surface area contributed by atoms with Crippen LogP contribution < -0.4 is 16.4 Å². The Morgan fingerprint density at radius 1 is 1.14 bits per heavy atom. The molecule has 1 saturated heterocycles. The molecule has 1 N–H and O–H groups in total. The van der Waals surface area contributed by atoms with Gasteiger partial charge in [-0.25, -0.2) is 4.98 Å². The fourth-order valence-corrected chi connectivity index (χ4v) is 5.95. The van der Waals surface area contributed by atoms with Gasteiger partial charge in [0.2, 0.25) is 5.91 Å². The molecule has 230 valence electrons. The summed E-state index contributed by atoms with van der Waals surface area (Å²) in [5.74, 6) is -0.227. The van der Waals surface area contributed by atoms with Crippen LogP contribution >= 0.6 is 11.6 Å². The van der Waals surface area contributed by atoms with E-state index in [1.165, 1.54) is 40.5 Å². The molecule has 8 nitrogen and oxygen atoms in total. The normalized spacial score (nSPS) is 13.8. The molecule has 0 saturated carbocycles. The summed E-state index contributed by atoms with van der Waals surface area (Å²) in [6, 6.07) is 10.5. The minimum atomic E-state index is -4.74. The maximum atomic E-state index is 14.2. The Bertz CT molecular complexity index is 1920. The summed E-state index contributed by atoms with van der Waals surface area (Å²) in [5, 5.41) is 2.68. The summed E-state index contributed by atoms with van der Waals surface area (Å²) in [6.07, 6.45) is -3.54. The lowest BCUT2D eigenvalue weighted by molar-refractivity contribution is -0.137. The van der Waals surface area contributed by atoms with Crippen molar-refractivity contribution in [3.63, 3.8) is 0 Å². The molecule has 12 heteroatoms. The molecule has 0 bridgehead atoms. The second-order valence-electron chi connectivity index (χ2n) is 11.2. The van der Waals surface area contributed by atoms with Crippen molar-refractivity contribution >= 4 is 34.4 Å². The molecule has 0 spiro atoms. The lowest BCUT2D eigenvalue weighted by Gasteiger charge is -2.39. The van der Waals surface area contributed by atoms with Crippen LogP contribution in [0.2, 0.25) is 5.02 Å². The molecule has 1 aliphatic heterocycles. The smallest absolute Gasteiger partial charge is 0.373 e. The first-order valence-corrected chi connectivity index (χ1v) is 14.4. The number of carbonyl (C=O) groups is 1. The van der Waals surface area contributed by atoms with Crippen LogP contribution in [0.5, 0.6) is 0 Å². The number of hydrogen-bond donors (Lipinski definition) is 1. The van der Waals surface area contributed by atoms with Crippen molar-refractivity contribution in [3.8, 4) is 16.9 Å². The molecule has 2 aromatic carbocycles. The third-order valence-corrected chi connectivity index (χ3v) is 8.25. The van der Waals surface area contributed by atoms with Gasteiger partial charge in [-0.1, -0.05) is 50.2 Å². The van der Waals surface area contributed by atoms with Crippen LogP contribution in [0.1, 0.15) is 36.5 Å². The molecule has 3 heterocycles. The van der Waals surface area contributed by atoms with Crippen molar-refractivity contribution in [2.24, 2.45) is 5.92 Å². The second-order valence-corrected chi connectivity index (χ2v) is 11.6. The summed E-state index contributed by atoms with van der Waals surface area (Å²) in [6.45, 7) is 10.0. The van der Waals surface area contributed by atoms with Crippen LogP contribution in [0.15, 0.2) is 64.7 Å². The van der Waals surface area contributed by atoms with Gasteiger partial charge in [0.15, 0.2) is 0 Å². The number of nitrogens with zero attached hydrogens (tertiary/aromatic N) is 4. The van der Waals surface area contributed by atoms with Crippen LogP contribution in [0.4, 0.5) is 19.0 Å². The van der Waals surface area contributed by atoms with E-state index in [0.717, 1.165) is 11.6 Å². The number of alkyl halides is 3. The molecule has 0 unspecified atom stereocenters. The average molecular weight is 626 g/mol. The molecule has 2 aromatic heterocycles. The molecular weight excluding hydrogens is 595 g/mol. The summed E-state index contributed by atoms with van der Waals surface area (Å²) < 4.78 is 45.2. The number of anilines is 1. The Labute approximate surface area is 256 Å². The molecule has 44 heavy (non-hydrogen) atoms. The minimum absolute atomic E-state index is 0.0461. The number of nitrogens with one attached hydrogen (secondary N) is 1. The number of para-hydroxylation sites is 1. The van der Waals surface area contributed by atoms with E-state index in [4.69, 9.17) is 11.6 Å². The number of hydrogen-bond acceptors (Lipinski definition) is 5. The van der Waals surface area contributed by atoms with E-state index < -0.39 is 28.6 Å². The van der Waals surface area contributed by atoms with Crippen molar-refractivity contribution in [2.45, 2.75) is 39.4 Å². The first-order chi connectivity index (χ1) is 20.8. The highest BCUT2D eigenvalue weighted by Crippen LogP contribution is 2.41. The summed E-state index contributed by atoms with van der Waals surface area (Å²) in [7, 11) is 1.54. The summed E-state index contributed by atoms with van der Waals surface area (Å²) in [4.78, 5) is 45.5. The van der Waals surface area contributed by atoms with Gasteiger partial charge >= 0.3 is 17.3 Å². The van der Waals surface area contributed by atoms with Crippen LogP contribution in [0.3, 0.4) is 0 Å². The van der Waals surface area contributed by atoms with Crippen molar-refractivity contribution in [1.82, 2.24) is 19.0 Å². The molecule has 1 aliphatic rings. The van der Waals surface area contributed by atoms with Gasteiger partial charge in [0, 0.05) is 38.2 Å². The van der Waals surface area contributed by atoms with Crippen molar-refractivity contribution in [1.29, 1.82) is 0 Å². The Morgan fingerprint density at radius 3 is 2.45 bits per heavy atom. The number of aryl methyl sites for hydroxylation is 1. The van der Waals surface area contributed by atoms with Crippen LogP contribution in [-0.4, -0.2) is 45.1 Å². The quantitative estimate of drug-likeness (QED) is 0.201. The Balaban J connectivity index is 1.85. The molecule has 0 aliphatic carbocycles. The highest BCUT2D eigenvalue weighted by atomic mass is 35.5. The lowest BCUT2D eigenvalue weighted by Crippen LogP contribution is -2.52. The summed E-state index contributed by atoms with van der Waals surface area (Å²) >= 11 is 6.70. The van der Waals surface area contributed by atoms with Gasteiger partial charge in [0.25, 0.3) is 0 Å². The van der Waals surface area contributed by atoms with Crippen LogP contribution in [0.25, 0.3) is 28.0 Å². The average Bonchev–Trinajstić information content (AvgIpc) is 2.95. The highest BCUT2D eigenvalue weighted by Gasteiger charge is 2.36. The van der Waals surface area contributed by atoms with E-state index in [0.29, 0.717) is 24.3 Å². The number of likely N-dealkylation sites (tertiary alicyclic amines) is 1. The third kappa shape index (κ3) is 5.40. The van der Waals surface area contributed by atoms with Gasteiger partial charge in [-0.2, -0.15) is 13.2 Å². The van der Waals surface area contributed by atoms with Gasteiger partial charge in [-0.05, 0) is 54.3 Å². The fraction of sp³-hybridized carbons (Fsp3) is 0.312. The van der Waals surface area contributed by atoms with Crippen molar-refractivity contribution in [3.05, 3.63) is 97.5 Å². The standard InChI is InChI=1S/C32H31ClF3N5O3/c1-6-27(42)39-14-19(15-39)16-40-24-13-23(33)21(28-22(32(34,35)36)10-11-26(37-5)38-28)12-25(24)41(31(44)30(40)43)29-18(4)8-7-9-20(29)17(2)3/h6-13,17,19H,1,14-16H2,2-5H3,(H,37,38). The molecule has 1 amide bonds. The Hall–Kier alpha value is -4.38. The predicted molar refractivity (Wildman–Crippen MR) is 166 cm³/mol. The van der Waals surface area contributed by atoms with E-state index in [2.05, 4.69) is 16.9 Å². The maximum Gasteiger partial charge on any atom is 0.418 e. The number of amides is 1. The van der Waals surface area contributed by atoms with Crippen molar-refractivity contribution < 1.29 is 18.0 Å². The third-order valence-electron chi connectivity index (χ3n) is 7.94. The topological polar surface area (TPSA) is 89.2 Å². The number of carbonyl (C=O) groups excluding carboxylic acids is 1. The first kappa shape index (κ1) is 31.1. The zero-order valence-corrected chi connectivity index (χ0v) is 25.4. The van der Waals surface area contributed by atoms with E-state index >= 15 is 0 Å². The van der Waals surface area contributed by atoms with Gasteiger partial charge in [-0.15, -0.1) is 0 Å². The second kappa shape index (κ2) is 11.6. The lowest BCUT2D eigenvalue weighted by atomic mass is 9.97. The van der Waals surface area contributed by atoms with E-state index in [1.54, 1.807) is 17.9 Å². The number of rotatable bonds is 7. The number of fused-ring (bicyclic) bond motifs is 1. The monoisotopic (exact) mass is 625 g/mol. The van der Waals surface area contributed by atoms with Gasteiger partial charge in [0.05, 0.1) is 33.0 Å². The number of benzene rings is 2. The minimum Gasteiger partial charge on any atom is -0.373 e. The zero-order valence-electron chi connectivity index (χ0n) is 24.6. The largest absolute Gasteiger partial charge is 0.418 e. The number of halogens is 4. The predicted octanol–water partition coefficient (Wildman–Crippen LogP) is 6.00. The van der Waals surface area contributed by atoms with E-state index in [1.807, 2.05) is 26.0 Å². The maximum absolute atomic E-state index is 14.2. The van der Waals surface area contributed by atoms with Crippen molar-refractivity contribution in [2.75, 3.05) is 25.5 Å². The fourth-order valence-electron chi connectivity index (χ4n) is 5.70. The molecule has 0 radical (unpaired) electrons. The van der Waals surface area contributed by atoms with Gasteiger partial charge in [-0.3, -0.25) is 19.0 Å².